The number of carbonyl (C=O) groups is 1. The van der Waals surface area contributed by atoms with E-state index in [1.54, 1.807) is 12.4 Å². The molecule has 2 fully saturated rings. The second-order valence-electron chi connectivity index (χ2n) is 8.03. The molecule has 5 rings (SSSR count). The minimum absolute atomic E-state index is 0.0127. The SMILES string of the molecule is Cc1ccc(OC2CC3CC2N(C(=O)c2cc(C)ccc2-n2nccn2)C3)nc1. The number of fused-ring (bicyclic) bond motifs is 2. The van der Waals surface area contributed by atoms with Gasteiger partial charge >= 0.3 is 0 Å². The number of aryl methyl sites for hydroxylation is 2. The first-order chi connectivity index (χ1) is 14.1. The first-order valence-electron chi connectivity index (χ1n) is 9.96. The zero-order chi connectivity index (χ0) is 20.0. The number of nitrogens with zero attached hydrogens (tertiary/aromatic N) is 5. The monoisotopic (exact) mass is 389 g/mol. The van der Waals surface area contributed by atoms with Crippen molar-refractivity contribution >= 4 is 5.91 Å². The third-order valence-electron chi connectivity index (χ3n) is 5.86. The summed E-state index contributed by atoms with van der Waals surface area (Å²) in [5.41, 5.74) is 3.46. The molecule has 3 heterocycles. The van der Waals surface area contributed by atoms with E-state index in [0.29, 0.717) is 23.0 Å². The quantitative estimate of drug-likeness (QED) is 0.686. The van der Waals surface area contributed by atoms with E-state index in [4.69, 9.17) is 4.74 Å². The molecule has 1 aliphatic heterocycles. The van der Waals surface area contributed by atoms with E-state index in [2.05, 4.69) is 15.2 Å². The van der Waals surface area contributed by atoms with E-state index < -0.39 is 0 Å². The lowest BCUT2D eigenvalue weighted by Gasteiger charge is -2.33. The molecule has 2 aromatic heterocycles. The van der Waals surface area contributed by atoms with Crippen molar-refractivity contribution in [3.8, 4) is 11.6 Å². The molecule has 3 aromatic rings. The summed E-state index contributed by atoms with van der Waals surface area (Å²) in [6.45, 7) is 4.76. The molecule has 1 aromatic carbocycles. The maximum atomic E-state index is 13.5. The van der Waals surface area contributed by atoms with Gasteiger partial charge in [-0.05, 0) is 50.3 Å². The zero-order valence-corrected chi connectivity index (χ0v) is 16.5. The maximum absolute atomic E-state index is 13.5. The van der Waals surface area contributed by atoms with Gasteiger partial charge in [0.2, 0.25) is 5.88 Å². The average molecular weight is 389 g/mol. The number of benzene rings is 1. The topological polar surface area (TPSA) is 73.1 Å². The minimum Gasteiger partial charge on any atom is -0.472 e. The number of likely N-dealkylation sites (tertiary alicyclic amines) is 1. The minimum atomic E-state index is -0.0241. The van der Waals surface area contributed by atoms with E-state index in [1.807, 2.05) is 55.3 Å². The Kier molecular flexibility index (Phi) is 4.30. The molecule has 0 N–H and O–H groups in total. The highest BCUT2D eigenvalue weighted by Crippen LogP contribution is 2.40. The van der Waals surface area contributed by atoms with Gasteiger partial charge in [0.15, 0.2) is 0 Å². The van der Waals surface area contributed by atoms with Crippen LogP contribution in [0.25, 0.3) is 5.69 Å². The fourth-order valence-corrected chi connectivity index (χ4v) is 4.50. The summed E-state index contributed by atoms with van der Waals surface area (Å²) in [5.74, 6) is 1.10. The highest BCUT2D eigenvalue weighted by Gasteiger charge is 2.48. The van der Waals surface area contributed by atoms with Crippen molar-refractivity contribution in [1.82, 2.24) is 24.9 Å². The number of hydrogen-bond donors (Lipinski definition) is 0. The first-order valence-corrected chi connectivity index (χ1v) is 9.96. The van der Waals surface area contributed by atoms with Crippen molar-refractivity contribution < 1.29 is 9.53 Å². The lowest BCUT2D eigenvalue weighted by Crippen LogP contribution is -2.47. The predicted octanol–water partition coefficient (Wildman–Crippen LogP) is 2.96. The van der Waals surface area contributed by atoms with Crippen molar-refractivity contribution in [3.63, 3.8) is 0 Å². The number of rotatable bonds is 4. The summed E-state index contributed by atoms with van der Waals surface area (Å²) in [4.78, 5) is 21.4. The van der Waals surface area contributed by atoms with Crippen LogP contribution in [0.5, 0.6) is 5.88 Å². The molecule has 7 nitrogen and oxygen atoms in total. The van der Waals surface area contributed by atoms with Gasteiger partial charge in [-0.2, -0.15) is 15.0 Å². The van der Waals surface area contributed by atoms with Gasteiger partial charge in [0.25, 0.3) is 5.91 Å². The number of amides is 1. The summed E-state index contributed by atoms with van der Waals surface area (Å²) < 4.78 is 6.17. The Morgan fingerprint density at radius 2 is 1.86 bits per heavy atom. The summed E-state index contributed by atoms with van der Waals surface area (Å²) in [7, 11) is 0. The fourth-order valence-electron chi connectivity index (χ4n) is 4.50. The fraction of sp³-hybridized carbons (Fsp3) is 0.364. The zero-order valence-electron chi connectivity index (χ0n) is 16.5. The van der Waals surface area contributed by atoms with Gasteiger partial charge in [-0.3, -0.25) is 4.79 Å². The number of aromatic nitrogens is 4. The number of carbonyl (C=O) groups excluding carboxylic acids is 1. The number of ether oxygens (including phenoxy) is 1. The number of pyridine rings is 1. The maximum Gasteiger partial charge on any atom is 0.256 e. The van der Waals surface area contributed by atoms with Crippen molar-refractivity contribution in [2.24, 2.45) is 5.92 Å². The highest BCUT2D eigenvalue weighted by atomic mass is 16.5. The van der Waals surface area contributed by atoms with Crippen LogP contribution in [0, 0.1) is 19.8 Å². The van der Waals surface area contributed by atoms with Crippen LogP contribution >= 0.6 is 0 Å². The number of hydrogen-bond acceptors (Lipinski definition) is 5. The van der Waals surface area contributed by atoms with Crippen LogP contribution in [0.4, 0.5) is 0 Å². The molecule has 29 heavy (non-hydrogen) atoms. The molecule has 1 aliphatic carbocycles. The average Bonchev–Trinajstić information content (AvgIpc) is 3.46. The Morgan fingerprint density at radius 3 is 2.59 bits per heavy atom. The summed E-state index contributed by atoms with van der Waals surface area (Å²) in [6, 6.07) is 9.76. The Balaban J connectivity index is 1.41. The molecule has 2 bridgehead atoms. The van der Waals surface area contributed by atoms with Crippen LogP contribution in [-0.2, 0) is 0 Å². The third-order valence-corrected chi connectivity index (χ3v) is 5.86. The first kappa shape index (κ1) is 17.8. The van der Waals surface area contributed by atoms with Crippen LogP contribution in [0.3, 0.4) is 0 Å². The largest absolute Gasteiger partial charge is 0.472 e. The smallest absolute Gasteiger partial charge is 0.256 e. The standard InChI is InChI=1S/C22H23N5O2/c1-14-3-5-18(27-24-7-8-25-27)17(9-14)22(28)26-13-16-10-19(26)20(11-16)29-21-6-4-15(2)12-23-21/h3-9,12,16,19-20H,10-11,13H2,1-2H3. The lowest BCUT2D eigenvalue weighted by atomic mass is 10.0. The van der Waals surface area contributed by atoms with Crippen LogP contribution in [0.2, 0.25) is 0 Å². The van der Waals surface area contributed by atoms with Crippen LogP contribution in [0.15, 0.2) is 48.9 Å². The Morgan fingerprint density at radius 1 is 1.07 bits per heavy atom. The molecule has 3 atom stereocenters. The van der Waals surface area contributed by atoms with Gasteiger partial charge in [-0.1, -0.05) is 17.7 Å². The Hall–Kier alpha value is -3.22. The van der Waals surface area contributed by atoms with E-state index in [9.17, 15) is 4.79 Å². The molecular weight excluding hydrogens is 366 g/mol. The third kappa shape index (κ3) is 3.26. The Bertz CT molecular complexity index is 1030. The van der Waals surface area contributed by atoms with Gasteiger partial charge in [-0.25, -0.2) is 4.98 Å². The van der Waals surface area contributed by atoms with Crippen molar-refractivity contribution in [3.05, 3.63) is 65.6 Å². The molecule has 2 aliphatic rings. The van der Waals surface area contributed by atoms with Crippen LogP contribution in [0.1, 0.15) is 34.3 Å². The Labute approximate surface area is 169 Å². The molecule has 0 radical (unpaired) electrons. The molecule has 148 valence electrons. The number of piperidine rings is 1. The van der Waals surface area contributed by atoms with Crippen molar-refractivity contribution in [2.45, 2.75) is 38.8 Å². The molecule has 7 heteroatoms. The normalized spacial score (nSPS) is 22.8. The van der Waals surface area contributed by atoms with E-state index >= 15 is 0 Å². The van der Waals surface area contributed by atoms with Gasteiger partial charge in [0, 0.05) is 18.8 Å². The van der Waals surface area contributed by atoms with Crippen molar-refractivity contribution in [2.75, 3.05) is 6.54 Å². The summed E-state index contributed by atoms with van der Waals surface area (Å²) in [6.07, 6.45) is 6.95. The highest BCUT2D eigenvalue weighted by molar-refractivity contribution is 5.98. The van der Waals surface area contributed by atoms with E-state index in [0.717, 1.165) is 30.5 Å². The predicted molar refractivity (Wildman–Crippen MR) is 107 cm³/mol. The van der Waals surface area contributed by atoms with Crippen LogP contribution < -0.4 is 4.74 Å². The van der Waals surface area contributed by atoms with Gasteiger partial charge in [-0.15, -0.1) is 0 Å². The molecule has 1 saturated heterocycles. The molecule has 0 spiro atoms. The molecular formula is C22H23N5O2. The van der Waals surface area contributed by atoms with Gasteiger partial charge < -0.3 is 9.64 Å². The van der Waals surface area contributed by atoms with E-state index in [-0.39, 0.29) is 18.1 Å². The summed E-state index contributed by atoms with van der Waals surface area (Å²) >= 11 is 0. The lowest BCUT2D eigenvalue weighted by molar-refractivity contribution is 0.0466. The second-order valence-corrected chi connectivity index (χ2v) is 8.03. The van der Waals surface area contributed by atoms with Crippen LogP contribution in [-0.4, -0.2) is 49.5 Å². The summed E-state index contributed by atoms with van der Waals surface area (Å²) in [5, 5.41) is 8.43. The molecule has 3 unspecified atom stereocenters. The van der Waals surface area contributed by atoms with E-state index in [1.165, 1.54) is 4.80 Å². The molecule has 1 saturated carbocycles. The second kappa shape index (κ2) is 6.99. The van der Waals surface area contributed by atoms with Gasteiger partial charge in [0.1, 0.15) is 6.10 Å². The van der Waals surface area contributed by atoms with Crippen molar-refractivity contribution in [1.29, 1.82) is 0 Å². The molecule has 1 amide bonds. The van der Waals surface area contributed by atoms with Gasteiger partial charge in [0.05, 0.1) is 29.7 Å².